The predicted octanol–water partition coefficient (Wildman–Crippen LogP) is 0.436. The minimum atomic E-state index is -0.403. The van der Waals surface area contributed by atoms with Gasteiger partial charge in [0.15, 0.2) is 11.5 Å². The van der Waals surface area contributed by atoms with Gasteiger partial charge in [-0.2, -0.15) is 10.2 Å². The number of fused-ring (bicyclic) bond motifs is 1. The van der Waals surface area contributed by atoms with E-state index in [-0.39, 0.29) is 18.1 Å². The Labute approximate surface area is 125 Å². The van der Waals surface area contributed by atoms with Crippen LogP contribution >= 0.6 is 0 Å². The highest BCUT2D eigenvalue weighted by atomic mass is 16.2. The van der Waals surface area contributed by atoms with E-state index in [1.165, 1.54) is 0 Å². The topological polar surface area (TPSA) is 93.3 Å². The Hall–Kier alpha value is -3.16. The highest BCUT2D eigenvalue weighted by molar-refractivity contribution is 5.98. The Morgan fingerprint density at radius 2 is 2.05 bits per heavy atom. The second-order valence-corrected chi connectivity index (χ2v) is 4.71. The van der Waals surface area contributed by atoms with Crippen LogP contribution < -0.4 is 10.6 Å². The summed E-state index contributed by atoms with van der Waals surface area (Å²) in [5.74, 6) is -0.315. The summed E-state index contributed by atoms with van der Waals surface area (Å²) in [6.07, 6.45) is 3.46. The minimum absolute atomic E-state index is 0.150. The van der Waals surface area contributed by atoms with Gasteiger partial charge in [-0.1, -0.05) is 6.07 Å². The van der Waals surface area contributed by atoms with Crippen LogP contribution in [0.1, 0.15) is 10.5 Å². The van der Waals surface area contributed by atoms with Crippen LogP contribution in [-0.4, -0.2) is 37.8 Å². The molecule has 2 N–H and O–H groups in total. The van der Waals surface area contributed by atoms with Crippen molar-refractivity contribution in [1.82, 2.24) is 24.7 Å². The summed E-state index contributed by atoms with van der Waals surface area (Å²) < 4.78 is 3.17. The molecular weight excluding hydrogens is 284 g/mol. The molecule has 8 heteroatoms. The van der Waals surface area contributed by atoms with Gasteiger partial charge in [0.2, 0.25) is 5.91 Å². The van der Waals surface area contributed by atoms with Crippen molar-refractivity contribution in [3.63, 3.8) is 0 Å². The molecule has 0 fully saturated rings. The quantitative estimate of drug-likeness (QED) is 0.730. The number of hydrogen-bond donors (Lipinski definition) is 2. The van der Waals surface area contributed by atoms with Crippen LogP contribution in [0.25, 0.3) is 5.52 Å². The van der Waals surface area contributed by atoms with Crippen molar-refractivity contribution < 1.29 is 9.59 Å². The third-order valence-corrected chi connectivity index (χ3v) is 2.99. The van der Waals surface area contributed by atoms with Crippen molar-refractivity contribution in [3.05, 3.63) is 48.4 Å². The summed E-state index contributed by atoms with van der Waals surface area (Å²) in [6.45, 7) is -0.150. The number of aryl methyl sites for hydroxylation is 1. The van der Waals surface area contributed by atoms with E-state index in [2.05, 4.69) is 20.8 Å². The number of aromatic nitrogens is 4. The van der Waals surface area contributed by atoms with Gasteiger partial charge in [-0.3, -0.25) is 14.3 Å². The smallest absolute Gasteiger partial charge is 0.272 e. The molecule has 3 heterocycles. The maximum atomic E-state index is 12.0. The zero-order valence-electron chi connectivity index (χ0n) is 11.9. The van der Waals surface area contributed by atoms with Crippen LogP contribution in [0.3, 0.4) is 0 Å². The first-order valence-corrected chi connectivity index (χ1v) is 6.64. The van der Waals surface area contributed by atoms with Crippen LogP contribution in [0.15, 0.2) is 42.7 Å². The lowest BCUT2D eigenvalue weighted by Crippen LogP contribution is -2.33. The fourth-order valence-electron chi connectivity index (χ4n) is 1.97. The van der Waals surface area contributed by atoms with Crippen molar-refractivity contribution in [2.45, 2.75) is 0 Å². The van der Waals surface area contributed by atoms with Crippen molar-refractivity contribution in [2.24, 2.45) is 7.05 Å². The Morgan fingerprint density at radius 3 is 2.77 bits per heavy atom. The molecule has 0 radical (unpaired) electrons. The minimum Gasteiger partial charge on any atom is -0.342 e. The number of carbonyl (C=O) groups excluding carboxylic acids is 2. The highest BCUT2D eigenvalue weighted by Crippen LogP contribution is 2.05. The molecule has 0 unspecified atom stereocenters. The first kappa shape index (κ1) is 13.8. The third kappa shape index (κ3) is 2.95. The van der Waals surface area contributed by atoms with Crippen molar-refractivity contribution in [2.75, 3.05) is 11.9 Å². The fraction of sp³-hybridized carbons (Fsp3) is 0.143. The molecular formula is C14H14N6O2. The van der Waals surface area contributed by atoms with Crippen molar-refractivity contribution >= 4 is 23.1 Å². The molecule has 3 rings (SSSR count). The molecule has 0 bridgehead atoms. The van der Waals surface area contributed by atoms with Crippen LogP contribution in [0.5, 0.6) is 0 Å². The van der Waals surface area contributed by atoms with E-state index in [0.29, 0.717) is 5.82 Å². The van der Waals surface area contributed by atoms with Gasteiger partial charge in [0.25, 0.3) is 5.91 Å². The van der Waals surface area contributed by atoms with E-state index in [4.69, 9.17) is 0 Å². The van der Waals surface area contributed by atoms with E-state index < -0.39 is 5.91 Å². The molecule has 3 aromatic heterocycles. The first-order chi connectivity index (χ1) is 10.6. The normalized spacial score (nSPS) is 10.6. The second kappa shape index (κ2) is 5.68. The van der Waals surface area contributed by atoms with E-state index in [1.807, 2.05) is 18.2 Å². The maximum absolute atomic E-state index is 12.0. The van der Waals surface area contributed by atoms with E-state index in [1.54, 1.807) is 40.8 Å². The average Bonchev–Trinajstić information content (AvgIpc) is 3.10. The standard InChI is InChI=1S/C14H14N6O2/c1-19-7-5-12(18-19)16-13(21)9-15-14(22)11-8-10-4-2-3-6-20(10)17-11/h2-8H,9H2,1H3,(H,15,22)(H,16,18,21). The molecule has 3 aromatic rings. The summed E-state index contributed by atoms with van der Waals surface area (Å²) in [5, 5.41) is 13.3. The second-order valence-electron chi connectivity index (χ2n) is 4.71. The zero-order valence-corrected chi connectivity index (χ0v) is 11.9. The average molecular weight is 298 g/mol. The summed E-state index contributed by atoms with van der Waals surface area (Å²) in [7, 11) is 1.75. The van der Waals surface area contributed by atoms with Gasteiger partial charge < -0.3 is 10.6 Å². The van der Waals surface area contributed by atoms with Crippen LogP contribution in [0.2, 0.25) is 0 Å². The molecule has 0 saturated carbocycles. The Bertz CT molecular complexity index is 802. The number of hydrogen-bond acceptors (Lipinski definition) is 4. The lowest BCUT2D eigenvalue weighted by molar-refractivity contribution is -0.115. The van der Waals surface area contributed by atoms with Gasteiger partial charge in [0.1, 0.15) is 0 Å². The van der Waals surface area contributed by atoms with Gasteiger partial charge in [-0.15, -0.1) is 0 Å². The molecule has 8 nitrogen and oxygen atoms in total. The van der Waals surface area contributed by atoms with E-state index >= 15 is 0 Å². The third-order valence-electron chi connectivity index (χ3n) is 2.99. The van der Waals surface area contributed by atoms with Gasteiger partial charge in [0, 0.05) is 25.5 Å². The Balaban J connectivity index is 1.58. The summed E-state index contributed by atoms with van der Waals surface area (Å²) in [6, 6.07) is 8.85. The molecule has 112 valence electrons. The molecule has 0 aromatic carbocycles. The highest BCUT2D eigenvalue weighted by Gasteiger charge is 2.12. The molecule has 0 aliphatic rings. The SMILES string of the molecule is Cn1ccc(NC(=O)CNC(=O)c2cc3ccccn3n2)n1. The van der Waals surface area contributed by atoms with Crippen molar-refractivity contribution in [3.8, 4) is 0 Å². The summed E-state index contributed by atoms with van der Waals surface area (Å²) >= 11 is 0. The fourth-order valence-corrected chi connectivity index (χ4v) is 1.97. The van der Waals surface area contributed by atoms with E-state index in [9.17, 15) is 9.59 Å². The van der Waals surface area contributed by atoms with Gasteiger partial charge in [-0.25, -0.2) is 4.52 Å². The first-order valence-electron chi connectivity index (χ1n) is 6.64. The number of amides is 2. The summed E-state index contributed by atoms with van der Waals surface area (Å²) in [5.41, 5.74) is 1.07. The zero-order chi connectivity index (χ0) is 15.5. The maximum Gasteiger partial charge on any atom is 0.272 e. The predicted molar refractivity (Wildman–Crippen MR) is 79.4 cm³/mol. The lowest BCUT2D eigenvalue weighted by atomic mass is 10.3. The Kier molecular flexibility index (Phi) is 3.57. The number of pyridine rings is 1. The number of rotatable bonds is 4. The Morgan fingerprint density at radius 1 is 1.18 bits per heavy atom. The lowest BCUT2D eigenvalue weighted by Gasteiger charge is -2.03. The molecule has 2 amide bonds. The van der Waals surface area contributed by atoms with E-state index in [0.717, 1.165) is 5.52 Å². The number of carbonyl (C=O) groups is 2. The molecule has 22 heavy (non-hydrogen) atoms. The van der Waals surface area contributed by atoms with Gasteiger partial charge in [0.05, 0.1) is 12.1 Å². The number of nitrogens with one attached hydrogen (secondary N) is 2. The van der Waals surface area contributed by atoms with Crippen molar-refractivity contribution in [1.29, 1.82) is 0 Å². The van der Waals surface area contributed by atoms with Crippen LogP contribution in [0.4, 0.5) is 5.82 Å². The number of anilines is 1. The molecule has 0 spiro atoms. The molecule has 0 atom stereocenters. The molecule has 0 aliphatic carbocycles. The van der Waals surface area contributed by atoms with Crippen LogP contribution in [-0.2, 0) is 11.8 Å². The monoisotopic (exact) mass is 298 g/mol. The molecule has 0 aliphatic heterocycles. The number of nitrogens with zero attached hydrogens (tertiary/aromatic N) is 4. The van der Waals surface area contributed by atoms with Gasteiger partial charge in [-0.05, 0) is 18.2 Å². The van der Waals surface area contributed by atoms with Gasteiger partial charge >= 0.3 is 0 Å². The molecule has 0 saturated heterocycles. The largest absolute Gasteiger partial charge is 0.342 e. The summed E-state index contributed by atoms with van der Waals surface area (Å²) in [4.78, 5) is 23.7. The van der Waals surface area contributed by atoms with Crippen LogP contribution in [0, 0.1) is 0 Å².